The molecule has 0 aliphatic carbocycles. The highest BCUT2D eigenvalue weighted by Gasteiger charge is 2.27. The number of benzene rings is 2. The van der Waals surface area contributed by atoms with Crippen LogP contribution in [0.1, 0.15) is 50.3 Å². The van der Waals surface area contributed by atoms with Gasteiger partial charge in [-0.3, -0.25) is 9.69 Å². The van der Waals surface area contributed by atoms with Crippen molar-refractivity contribution in [1.29, 1.82) is 0 Å². The van der Waals surface area contributed by atoms with Crippen molar-refractivity contribution in [1.82, 2.24) is 10.2 Å². The van der Waals surface area contributed by atoms with Crippen molar-refractivity contribution in [3.8, 4) is 0 Å². The number of nitrogens with one attached hydrogen (secondary N) is 1. The van der Waals surface area contributed by atoms with Gasteiger partial charge in [0.15, 0.2) is 0 Å². The molecule has 29 heavy (non-hydrogen) atoms. The number of piperidine rings is 1. The van der Waals surface area contributed by atoms with E-state index < -0.39 is 0 Å². The van der Waals surface area contributed by atoms with Crippen molar-refractivity contribution in [2.45, 2.75) is 45.7 Å². The number of rotatable bonds is 7. The molecule has 1 atom stereocenters. The zero-order valence-electron chi connectivity index (χ0n) is 17.2. The van der Waals surface area contributed by atoms with Gasteiger partial charge in [-0.2, -0.15) is 0 Å². The van der Waals surface area contributed by atoms with Crippen molar-refractivity contribution in [2.75, 3.05) is 13.1 Å². The van der Waals surface area contributed by atoms with Gasteiger partial charge in [0.1, 0.15) is 0 Å². The van der Waals surface area contributed by atoms with Crippen molar-refractivity contribution in [3.05, 3.63) is 69.7 Å². The number of hydrogen-bond donors (Lipinski definition) is 1. The Balaban J connectivity index is 1.54. The Kier molecular flexibility index (Phi) is 7.99. The van der Waals surface area contributed by atoms with Crippen LogP contribution in [0.3, 0.4) is 0 Å². The second-order valence-electron chi connectivity index (χ2n) is 8.40. The Bertz CT molecular complexity index is 802. The smallest absolute Gasteiger partial charge is 0.223 e. The lowest BCUT2D eigenvalue weighted by Gasteiger charge is -2.32. The van der Waals surface area contributed by atoms with Gasteiger partial charge in [-0.25, -0.2) is 0 Å². The Labute approximate surface area is 184 Å². The molecule has 1 aliphatic heterocycles. The summed E-state index contributed by atoms with van der Waals surface area (Å²) in [6, 6.07) is 16.2. The maximum atomic E-state index is 12.9. The highest BCUT2D eigenvalue weighted by Crippen LogP contribution is 2.26. The SMILES string of the molecule is CC(C)C[C@@H](NC(=O)C1CCN(Cc2ccc(Cl)c(Cl)c2)CC1)c1ccccc1. The number of nitrogens with zero attached hydrogens (tertiary/aromatic N) is 1. The lowest BCUT2D eigenvalue weighted by molar-refractivity contribution is -0.127. The fraction of sp³-hybridized carbons (Fsp3) is 0.458. The van der Waals surface area contributed by atoms with Gasteiger partial charge >= 0.3 is 0 Å². The molecular weight excluding hydrogens is 403 g/mol. The molecule has 1 heterocycles. The molecule has 1 fully saturated rings. The van der Waals surface area contributed by atoms with Crippen LogP contribution in [0.4, 0.5) is 0 Å². The maximum absolute atomic E-state index is 12.9. The van der Waals surface area contributed by atoms with Gasteiger partial charge in [-0.1, -0.05) is 73.4 Å². The molecule has 0 bridgehead atoms. The molecule has 0 aromatic heterocycles. The molecule has 0 unspecified atom stereocenters. The molecule has 0 saturated carbocycles. The average Bonchev–Trinajstić information content (AvgIpc) is 2.71. The predicted molar refractivity (Wildman–Crippen MR) is 121 cm³/mol. The quantitative estimate of drug-likeness (QED) is 0.572. The number of halogens is 2. The molecule has 1 amide bonds. The maximum Gasteiger partial charge on any atom is 0.223 e. The minimum absolute atomic E-state index is 0.0814. The lowest BCUT2D eigenvalue weighted by Crippen LogP contribution is -2.41. The topological polar surface area (TPSA) is 32.3 Å². The Hall–Kier alpha value is -1.55. The molecule has 2 aromatic carbocycles. The Morgan fingerprint density at radius 1 is 1.07 bits per heavy atom. The summed E-state index contributed by atoms with van der Waals surface area (Å²) in [5.41, 5.74) is 2.34. The zero-order chi connectivity index (χ0) is 20.8. The highest BCUT2D eigenvalue weighted by molar-refractivity contribution is 6.42. The summed E-state index contributed by atoms with van der Waals surface area (Å²) in [5.74, 6) is 0.792. The summed E-state index contributed by atoms with van der Waals surface area (Å²) >= 11 is 12.1. The summed E-state index contributed by atoms with van der Waals surface area (Å²) in [6.07, 6.45) is 2.72. The first-order valence-corrected chi connectivity index (χ1v) is 11.2. The zero-order valence-corrected chi connectivity index (χ0v) is 18.7. The molecule has 2 aromatic rings. The van der Waals surface area contributed by atoms with Gasteiger partial charge < -0.3 is 5.32 Å². The van der Waals surface area contributed by atoms with Crippen molar-refractivity contribution >= 4 is 29.1 Å². The van der Waals surface area contributed by atoms with Crippen LogP contribution in [0.25, 0.3) is 0 Å². The molecule has 5 heteroatoms. The molecule has 0 spiro atoms. The average molecular weight is 433 g/mol. The number of hydrogen-bond acceptors (Lipinski definition) is 2. The molecule has 1 aliphatic rings. The fourth-order valence-corrected chi connectivity index (χ4v) is 4.29. The van der Waals surface area contributed by atoms with E-state index in [-0.39, 0.29) is 17.9 Å². The largest absolute Gasteiger partial charge is 0.349 e. The van der Waals surface area contributed by atoms with Gasteiger partial charge in [-0.15, -0.1) is 0 Å². The summed E-state index contributed by atoms with van der Waals surface area (Å²) in [7, 11) is 0. The molecule has 3 nitrogen and oxygen atoms in total. The van der Waals surface area contributed by atoms with E-state index in [0.717, 1.165) is 44.5 Å². The van der Waals surface area contributed by atoms with Crippen LogP contribution in [0.2, 0.25) is 10.0 Å². The van der Waals surface area contributed by atoms with Crippen molar-refractivity contribution < 1.29 is 4.79 Å². The number of carbonyl (C=O) groups excluding carboxylic acids is 1. The Morgan fingerprint density at radius 2 is 1.76 bits per heavy atom. The van der Waals surface area contributed by atoms with Gasteiger partial charge in [0, 0.05) is 12.5 Å². The van der Waals surface area contributed by atoms with E-state index in [4.69, 9.17) is 23.2 Å². The van der Waals surface area contributed by atoms with E-state index in [1.54, 1.807) is 0 Å². The first kappa shape index (κ1) is 22.1. The predicted octanol–water partition coefficient (Wildman–Crippen LogP) is 6.11. The number of amides is 1. The van der Waals surface area contributed by atoms with Gasteiger partial charge in [0.25, 0.3) is 0 Å². The first-order chi connectivity index (χ1) is 13.9. The van der Waals surface area contributed by atoms with Crippen LogP contribution in [-0.2, 0) is 11.3 Å². The van der Waals surface area contributed by atoms with Crippen molar-refractivity contribution in [3.63, 3.8) is 0 Å². The molecule has 0 radical (unpaired) electrons. The molecule has 1 N–H and O–H groups in total. The third-order valence-corrected chi connectivity index (χ3v) is 6.31. The van der Waals surface area contributed by atoms with Crippen LogP contribution in [0.15, 0.2) is 48.5 Å². The normalized spacial score (nSPS) is 16.7. The van der Waals surface area contributed by atoms with Crippen LogP contribution in [0.5, 0.6) is 0 Å². The van der Waals surface area contributed by atoms with E-state index in [0.29, 0.717) is 16.0 Å². The van der Waals surface area contributed by atoms with Crippen LogP contribution in [0, 0.1) is 11.8 Å². The van der Waals surface area contributed by atoms with E-state index in [1.165, 1.54) is 5.56 Å². The number of carbonyl (C=O) groups is 1. The van der Waals surface area contributed by atoms with E-state index in [2.05, 4.69) is 36.2 Å². The summed E-state index contributed by atoms with van der Waals surface area (Å²) in [6.45, 7) is 7.06. The Morgan fingerprint density at radius 3 is 2.38 bits per heavy atom. The second kappa shape index (κ2) is 10.5. The molecular formula is C24H30Cl2N2O. The van der Waals surface area contributed by atoms with Crippen LogP contribution in [-0.4, -0.2) is 23.9 Å². The third kappa shape index (κ3) is 6.47. The van der Waals surface area contributed by atoms with Gasteiger partial charge in [0.05, 0.1) is 16.1 Å². The summed E-state index contributed by atoms with van der Waals surface area (Å²) < 4.78 is 0. The van der Waals surface area contributed by atoms with Crippen molar-refractivity contribution in [2.24, 2.45) is 11.8 Å². The highest BCUT2D eigenvalue weighted by atomic mass is 35.5. The lowest BCUT2D eigenvalue weighted by atomic mass is 9.93. The third-order valence-electron chi connectivity index (χ3n) is 5.57. The molecule has 156 valence electrons. The fourth-order valence-electron chi connectivity index (χ4n) is 3.97. The monoisotopic (exact) mass is 432 g/mol. The molecule has 3 rings (SSSR count). The van der Waals surface area contributed by atoms with Crippen LogP contribution >= 0.6 is 23.2 Å². The van der Waals surface area contributed by atoms with Gasteiger partial charge in [0.2, 0.25) is 5.91 Å². The summed E-state index contributed by atoms with van der Waals surface area (Å²) in [4.78, 5) is 15.3. The second-order valence-corrected chi connectivity index (χ2v) is 9.21. The standard InChI is InChI=1S/C24H30Cl2N2O/c1-17(2)14-23(19-6-4-3-5-7-19)27-24(29)20-10-12-28(13-11-20)16-18-8-9-21(25)22(26)15-18/h3-9,15,17,20,23H,10-14,16H2,1-2H3,(H,27,29)/t23-/m1/s1. The minimum atomic E-state index is 0.0814. The van der Waals surface area contributed by atoms with Gasteiger partial charge in [-0.05, 0) is 61.5 Å². The molecule has 1 saturated heterocycles. The van der Waals surface area contributed by atoms with E-state index in [1.807, 2.05) is 36.4 Å². The first-order valence-electron chi connectivity index (χ1n) is 10.4. The van der Waals surface area contributed by atoms with E-state index in [9.17, 15) is 4.79 Å². The number of likely N-dealkylation sites (tertiary alicyclic amines) is 1. The van der Waals surface area contributed by atoms with Crippen LogP contribution < -0.4 is 5.32 Å². The van der Waals surface area contributed by atoms with E-state index >= 15 is 0 Å². The minimum Gasteiger partial charge on any atom is -0.349 e. The summed E-state index contributed by atoms with van der Waals surface area (Å²) in [5, 5.41) is 4.50.